The third-order valence-electron chi connectivity index (χ3n) is 12.4. The molecule has 4 heterocycles. The number of imide groups is 2. The molecule has 5 amide bonds. The summed E-state index contributed by atoms with van der Waals surface area (Å²) in [5, 5.41) is 5.86. The Hall–Kier alpha value is -5.45. The summed E-state index contributed by atoms with van der Waals surface area (Å²) in [7, 11) is 0. The molecule has 14 heteroatoms. The van der Waals surface area contributed by atoms with Gasteiger partial charge in [0, 0.05) is 68.7 Å². The molecule has 3 saturated heterocycles. The largest absolute Gasteiger partial charge is 0.490 e. The lowest BCUT2D eigenvalue weighted by atomic mass is 9.92. The average molecular weight is 806 g/mol. The third kappa shape index (κ3) is 8.54. The first kappa shape index (κ1) is 39.4. The molecule has 8 rings (SSSR count). The fourth-order valence-corrected chi connectivity index (χ4v) is 9.28. The number of hydrogen-bond acceptors (Lipinski definition) is 9. The molecular formula is C44H48ClN7O6. The fourth-order valence-electron chi connectivity index (χ4n) is 9.07. The molecule has 302 valence electrons. The highest BCUT2D eigenvalue weighted by atomic mass is 35.5. The molecule has 3 aromatic carbocycles. The second-order valence-electron chi connectivity index (χ2n) is 16.1. The van der Waals surface area contributed by atoms with Crippen LogP contribution in [0.1, 0.15) is 88.9 Å². The van der Waals surface area contributed by atoms with Crippen molar-refractivity contribution >= 4 is 58.2 Å². The Morgan fingerprint density at radius 3 is 2.24 bits per heavy atom. The van der Waals surface area contributed by atoms with Crippen LogP contribution in [-0.2, 0) is 9.59 Å². The highest BCUT2D eigenvalue weighted by molar-refractivity contribution is 6.33. The number of nitrogens with zero attached hydrogens (tertiary/aromatic N) is 5. The molecule has 1 unspecified atom stereocenters. The van der Waals surface area contributed by atoms with E-state index < -0.39 is 23.8 Å². The first-order valence-electron chi connectivity index (χ1n) is 20.5. The molecule has 0 spiro atoms. The van der Waals surface area contributed by atoms with E-state index in [0.29, 0.717) is 39.1 Å². The summed E-state index contributed by atoms with van der Waals surface area (Å²) < 4.78 is 6.11. The van der Waals surface area contributed by atoms with Gasteiger partial charge in [-0.1, -0.05) is 17.7 Å². The molecule has 0 aromatic heterocycles. The zero-order chi connectivity index (χ0) is 40.3. The van der Waals surface area contributed by atoms with Crippen LogP contribution < -0.4 is 25.2 Å². The van der Waals surface area contributed by atoms with Crippen molar-refractivity contribution in [2.24, 2.45) is 5.92 Å². The van der Waals surface area contributed by atoms with Crippen LogP contribution in [0.4, 0.5) is 17.1 Å². The van der Waals surface area contributed by atoms with Gasteiger partial charge in [0.2, 0.25) is 17.5 Å². The van der Waals surface area contributed by atoms with Gasteiger partial charge in [0.1, 0.15) is 11.8 Å². The standard InChI is InChI=1S/C44H48ClN7O6/c1-46-38-14-12-34(26-37(38)45)58-33-10-5-30(6-11-33)47-41(54)29-3-7-31(8-4-29)51-21-17-28(18-22-51)27-49-19-2-20-50(24-23-49)32-9-13-35-36(25-32)44(57)52(43(35)56)39-15-16-40(53)48-42(39)55/h3-4,7-9,12-14,25-26,28,30,33,39H,2,5-6,10-11,15-24,27H2,(H,47,54)(H,48,53,55). The van der Waals surface area contributed by atoms with Gasteiger partial charge in [0.05, 0.1) is 28.8 Å². The molecule has 1 saturated carbocycles. The quantitative estimate of drug-likeness (QED) is 0.202. The van der Waals surface area contributed by atoms with Crippen molar-refractivity contribution < 1.29 is 28.7 Å². The fraction of sp³-hybridized carbons (Fsp3) is 0.455. The molecule has 3 aromatic rings. The van der Waals surface area contributed by atoms with Crippen molar-refractivity contribution in [3.8, 4) is 5.75 Å². The van der Waals surface area contributed by atoms with Gasteiger partial charge in [-0.25, -0.2) is 4.85 Å². The minimum atomic E-state index is -0.972. The molecule has 1 aliphatic carbocycles. The minimum absolute atomic E-state index is 0.0512. The topological polar surface area (TPSA) is 136 Å². The predicted molar refractivity (Wildman–Crippen MR) is 220 cm³/mol. The lowest BCUT2D eigenvalue weighted by Crippen LogP contribution is -2.54. The van der Waals surface area contributed by atoms with Crippen LogP contribution in [0, 0.1) is 12.5 Å². The predicted octanol–water partition coefficient (Wildman–Crippen LogP) is 5.84. The van der Waals surface area contributed by atoms with E-state index in [-0.39, 0.29) is 36.8 Å². The van der Waals surface area contributed by atoms with Gasteiger partial charge in [0.25, 0.3) is 17.7 Å². The SMILES string of the molecule is [C-]#[N+]c1ccc(OC2CCC(NC(=O)c3ccc(N4CCC(CN5CCCN(c6ccc7c(c6)C(=O)N(C6CCC(=O)NC6=O)C7=O)CC5)CC4)cc3)CC2)cc1Cl. The van der Waals surface area contributed by atoms with Crippen molar-refractivity contribution in [1.29, 1.82) is 0 Å². The number of anilines is 2. The van der Waals surface area contributed by atoms with E-state index in [1.807, 2.05) is 18.2 Å². The van der Waals surface area contributed by atoms with Gasteiger partial charge in [0.15, 0.2) is 0 Å². The highest BCUT2D eigenvalue weighted by Gasteiger charge is 2.45. The normalized spacial score (nSPS) is 23.2. The molecule has 4 fully saturated rings. The number of halogens is 1. The number of piperidine rings is 2. The zero-order valence-electron chi connectivity index (χ0n) is 32.5. The van der Waals surface area contributed by atoms with Crippen LogP contribution in [0.5, 0.6) is 5.75 Å². The molecular weight excluding hydrogens is 758 g/mol. The maximum atomic E-state index is 13.4. The summed E-state index contributed by atoms with van der Waals surface area (Å²) in [6.45, 7) is 13.7. The van der Waals surface area contributed by atoms with Crippen LogP contribution in [0.25, 0.3) is 4.85 Å². The average Bonchev–Trinajstić information content (AvgIpc) is 3.34. The summed E-state index contributed by atoms with van der Waals surface area (Å²) in [6, 6.07) is 17.6. The first-order chi connectivity index (χ1) is 28.1. The number of ether oxygens (including phenoxy) is 1. The zero-order valence-corrected chi connectivity index (χ0v) is 33.2. The monoisotopic (exact) mass is 805 g/mol. The van der Waals surface area contributed by atoms with Crippen LogP contribution in [0.3, 0.4) is 0 Å². The number of nitrogens with one attached hydrogen (secondary N) is 2. The number of carbonyl (C=O) groups excluding carboxylic acids is 5. The van der Waals surface area contributed by atoms with Gasteiger partial charge in [-0.15, -0.1) is 0 Å². The Morgan fingerprint density at radius 2 is 1.52 bits per heavy atom. The molecule has 0 radical (unpaired) electrons. The molecule has 5 aliphatic rings. The summed E-state index contributed by atoms with van der Waals surface area (Å²) in [4.78, 5) is 75.4. The van der Waals surface area contributed by atoms with Crippen molar-refractivity contribution in [3.63, 3.8) is 0 Å². The van der Waals surface area contributed by atoms with Gasteiger partial charge in [-0.05, 0) is 118 Å². The van der Waals surface area contributed by atoms with Crippen molar-refractivity contribution in [2.75, 3.05) is 55.6 Å². The number of carbonyl (C=O) groups is 5. The van der Waals surface area contributed by atoms with Gasteiger partial charge < -0.3 is 24.8 Å². The van der Waals surface area contributed by atoms with Crippen LogP contribution >= 0.6 is 11.6 Å². The van der Waals surface area contributed by atoms with Crippen molar-refractivity contribution in [3.05, 3.63) is 93.8 Å². The van der Waals surface area contributed by atoms with E-state index in [1.54, 1.807) is 30.3 Å². The molecule has 1 atom stereocenters. The molecule has 0 bridgehead atoms. The highest BCUT2D eigenvalue weighted by Crippen LogP contribution is 2.33. The Bertz CT molecular complexity index is 2120. The minimum Gasteiger partial charge on any atom is -0.490 e. The Labute approximate surface area is 343 Å². The molecule has 2 N–H and O–H groups in total. The maximum absolute atomic E-state index is 13.4. The Morgan fingerprint density at radius 1 is 0.793 bits per heavy atom. The molecule has 58 heavy (non-hydrogen) atoms. The van der Waals surface area contributed by atoms with Crippen molar-refractivity contribution in [1.82, 2.24) is 20.4 Å². The Kier molecular flexibility index (Phi) is 11.7. The summed E-state index contributed by atoms with van der Waals surface area (Å²) in [6.07, 6.45) is 6.79. The van der Waals surface area contributed by atoms with E-state index in [9.17, 15) is 24.0 Å². The summed E-state index contributed by atoms with van der Waals surface area (Å²) >= 11 is 6.17. The second kappa shape index (κ2) is 17.2. The van der Waals surface area contributed by atoms with Crippen LogP contribution in [0.2, 0.25) is 5.02 Å². The van der Waals surface area contributed by atoms with E-state index in [0.717, 1.165) is 107 Å². The number of amides is 5. The van der Waals surface area contributed by atoms with Crippen molar-refractivity contribution in [2.45, 2.75) is 76.0 Å². The van der Waals surface area contributed by atoms with Crippen LogP contribution in [-0.4, -0.2) is 103 Å². The second-order valence-corrected chi connectivity index (χ2v) is 16.5. The number of rotatable bonds is 9. The number of fused-ring (bicyclic) bond motifs is 1. The Balaban J connectivity index is 0.765. The smallest absolute Gasteiger partial charge is 0.262 e. The van der Waals surface area contributed by atoms with Gasteiger partial charge in [-0.3, -0.25) is 34.2 Å². The van der Waals surface area contributed by atoms with E-state index >= 15 is 0 Å². The number of hydrogen-bond donors (Lipinski definition) is 2. The molecule has 4 aliphatic heterocycles. The lowest BCUT2D eigenvalue weighted by Gasteiger charge is -2.36. The maximum Gasteiger partial charge on any atom is 0.262 e. The number of benzene rings is 3. The van der Waals surface area contributed by atoms with Crippen LogP contribution in [0.15, 0.2) is 60.7 Å². The first-order valence-corrected chi connectivity index (χ1v) is 20.8. The summed E-state index contributed by atoms with van der Waals surface area (Å²) in [5.74, 6) is -0.751. The van der Waals surface area contributed by atoms with Gasteiger partial charge in [-0.2, -0.15) is 0 Å². The third-order valence-corrected chi connectivity index (χ3v) is 12.7. The van der Waals surface area contributed by atoms with E-state index in [1.165, 1.54) is 0 Å². The molecule has 13 nitrogen and oxygen atoms in total. The summed E-state index contributed by atoms with van der Waals surface area (Å²) in [5.41, 5.74) is 3.72. The lowest BCUT2D eigenvalue weighted by molar-refractivity contribution is -0.136. The van der Waals surface area contributed by atoms with E-state index in [2.05, 4.69) is 42.3 Å². The van der Waals surface area contributed by atoms with Gasteiger partial charge >= 0.3 is 0 Å². The van der Waals surface area contributed by atoms with E-state index in [4.69, 9.17) is 22.9 Å².